The Kier molecular flexibility index (Phi) is 10.7. The van der Waals surface area contributed by atoms with Crippen molar-refractivity contribution in [1.29, 1.82) is 0 Å². The van der Waals surface area contributed by atoms with Gasteiger partial charge in [0.15, 0.2) is 5.82 Å². The van der Waals surface area contributed by atoms with Gasteiger partial charge in [-0.05, 0) is 55.9 Å². The van der Waals surface area contributed by atoms with Gasteiger partial charge >= 0.3 is 6.18 Å². The van der Waals surface area contributed by atoms with E-state index in [9.17, 15) is 27.6 Å². The Hall–Kier alpha value is -4.23. The highest BCUT2D eigenvalue weighted by Gasteiger charge is 2.34. The van der Waals surface area contributed by atoms with E-state index in [0.29, 0.717) is 24.6 Å². The van der Waals surface area contributed by atoms with E-state index >= 15 is 0 Å². The highest BCUT2D eigenvalue weighted by Crippen LogP contribution is 2.32. The first-order chi connectivity index (χ1) is 21.2. The summed E-state index contributed by atoms with van der Waals surface area (Å²) in [6.45, 7) is 6.21. The zero-order valence-corrected chi connectivity index (χ0v) is 25.5. The maximum atomic E-state index is 13.8. The monoisotopic (exact) mass is 628 g/mol. The number of likely N-dealkylation sites (tertiary alicyclic amines) is 1. The topological polar surface area (TPSA) is 132 Å². The minimum Gasteiger partial charge on any atom is -0.374 e. The lowest BCUT2D eigenvalue weighted by atomic mass is 9.97. The molecule has 3 aromatic rings. The van der Waals surface area contributed by atoms with Gasteiger partial charge in [0.2, 0.25) is 11.8 Å². The number of ether oxygens (including phenoxy) is 1. The van der Waals surface area contributed by atoms with E-state index in [0.717, 1.165) is 30.5 Å². The van der Waals surface area contributed by atoms with Crippen molar-refractivity contribution >= 4 is 23.5 Å². The molecule has 2 heterocycles. The first-order valence-electron chi connectivity index (χ1n) is 14.7. The highest BCUT2D eigenvalue weighted by molar-refractivity contribution is 5.98. The van der Waals surface area contributed by atoms with Gasteiger partial charge in [-0.2, -0.15) is 13.2 Å². The standard InChI is InChI=1S/C32H39F3N6O4/c1-21-13-15-40(16-14-21)29(43)27(23-9-11-24(12-10-23)32(33,34)35)41-17-26(37-20-41)39-28(42)25(38-30(44)31(2,3)36)19-45-18-22-7-5-4-6-8-22/h4-12,17,20-21,25,27H,13-16,18-19,36H2,1-3H3,(H,38,44)(H,39,42)/t25-,27?/m1/s1. The number of halogens is 3. The number of rotatable bonds is 11. The van der Waals surface area contributed by atoms with Gasteiger partial charge in [-0.25, -0.2) is 4.98 Å². The summed E-state index contributed by atoms with van der Waals surface area (Å²) in [5, 5.41) is 5.26. The molecule has 1 saturated heterocycles. The third-order valence-corrected chi connectivity index (χ3v) is 7.64. The molecular weight excluding hydrogens is 589 g/mol. The number of carbonyl (C=O) groups is 3. The van der Waals surface area contributed by atoms with Crippen molar-refractivity contribution in [3.63, 3.8) is 0 Å². The van der Waals surface area contributed by atoms with Crippen LogP contribution in [0.2, 0.25) is 0 Å². The molecule has 2 aromatic carbocycles. The molecule has 242 valence electrons. The number of piperidine rings is 1. The summed E-state index contributed by atoms with van der Waals surface area (Å²) < 4.78 is 46.9. The second-order valence-electron chi connectivity index (χ2n) is 12.0. The van der Waals surface area contributed by atoms with Gasteiger partial charge in [0.05, 0.1) is 30.6 Å². The molecule has 4 N–H and O–H groups in total. The van der Waals surface area contributed by atoms with Crippen molar-refractivity contribution in [2.75, 3.05) is 25.0 Å². The number of benzene rings is 2. The fourth-order valence-electron chi connectivity index (χ4n) is 4.85. The number of hydrogen-bond donors (Lipinski definition) is 3. The average molecular weight is 629 g/mol. The van der Waals surface area contributed by atoms with Crippen LogP contribution < -0.4 is 16.4 Å². The summed E-state index contributed by atoms with van der Waals surface area (Å²) in [5.41, 5.74) is 5.05. The lowest BCUT2D eigenvalue weighted by Crippen LogP contribution is -2.56. The Labute approximate surface area is 260 Å². The molecule has 3 amide bonds. The Morgan fingerprint density at radius 3 is 2.29 bits per heavy atom. The smallest absolute Gasteiger partial charge is 0.374 e. The van der Waals surface area contributed by atoms with Gasteiger partial charge in [0.25, 0.3) is 5.91 Å². The first kappa shape index (κ1) is 33.7. The SMILES string of the molecule is CC1CCN(C(=O)C(c2ccc(C(F)(F)F)cc2)n2cnc(NC(=O)[C@@H](COCc3ccccc3)NC(=O)C(C)(C)N)c2)CC1. The van der Waals surface area contributed by atoms with Crippen LogP contribution in [0.1, 0.15) is 56.3 Å². The lowest BCUT2D eigenvalue weighted by Gasteiger charge is -2.33. The molecule has 0 saturated carbocycles. The number of hydrogen-bond acceptors (Lipinski definition) is 6. The Morgan fingerprint density at radius 2 is 1.69 bits per heavy atom. The van der Waals surface area contributed by atoms with Crippen LogP contribution >= 0.6 is 0 Å². The summed E-state index contributed by atoms with van der Waals surface area (Å²) in [6, 6.07) is 11.6. The average Bonchev–Trinajstić information content (AvgIpc) is 3.44. The summed E-state index contributed by atoms with van der Waals surface area (Å²) >= 11 is 0. The normalized spacial score (nSPS) is 15.8. The summed E-state index contributed by atoms with van der Waals surface area (Å²) in [5.74, 6) is -0.954. The zero-order valence-electron chi connectivity index (χ0n) is 25.5. The largest absolute Gasteiger partial charge is 0.416 e. The number of anilines is 1. The highest BCUT2D eigenvalue weighted by atomic mass is 19.4. The van der Waals surface area contributed by atoms with E-state index in [2.05, 4.69) is 22.5 Å². The van der Waals surface area contributed by atoms with Crippen molar-refractivity contribution < 1.29 is 32.3 Å². The Bertz CT molecular complexity index is 1450. The fraction of sp³-hybridized carbons (Fsp3) is 0.438. The molecule has 1 aromatic heterocycles. The van der Waals surface area contributed by atoms with Gasteiger partial charge in [0, 0.05) is 19.3 Å². The summed E-state index contributed by atoms with van der Waals surface area (Å²) in [4.78, 5) is 45.7. The molecule has 0 radical (unpaired) electrons. The van der Waals surface area contributed by atoms with Crippen LogP contribution in [-0.2, 0) is 31.9 Å². The van der Waals surface area contributed by atoms with Gasteiger partial charge in [-0.1, -0.05) is 49.4 Å². The van der Waals surface area contributed by atoms with E-state index in [4.69, 9.17) is 10.5 Å². The van der Waals surface area contributed by atoms with Crippen LogP contribution in [0.3, 0.4) is 0 Å². The summed E-state index contributed by atoms with van der Waals surface area (Å²) in [6.07, 6.45) is -0.124. The first-order valence-corrected chi connectivity index (χ1v) is 14.7. The molecule has 1 fully saturated rings. The quantitative estimate of drug-likeness (QED) is 0.293. The molecule has 0 aliphatic carbocycles. The van der Waals surface area contributed by atoms with E-state index in [-0.39, 0.29) is 24.9 Å². The van der Waals surface area contributed by atoms with Gasteiger partial charge < -0.3 is 30.6 Å². The van der Waals surface area contributed by atoms with E-state index in [1.807, 2.05) is 30.3 Å². The third-order valence-electron chi connectivity index (χ3n) is 7.64. The Balaban J connectivity index is 1.54. The van der Waals surface area contributed by atoms with Crippen molar-refractivity contribution in [2.24, 2.45) is 11.7 Å². The van der Waals surface area contributed by atoms with Crippen LogP contribution in [-0.4, -0.2) is 63.4 Å². The molecule has 45 heavy (non-hydrogen) atoms. The molecule has 1 aliphatic rings. The Morgan fingerprint density at radius 1 is 1.04 bits per heavy atom. The van der Waals surface area contributed by atoms with Gasteiger partial charge in [0.1, 0.15) is 12.1 Å². The fourth-order valence-corrected chi connectivity index (χ4v) is 4.85. The maximum Gasteiger partial charge on any atom is 0.416 e. The van der Waals surface area contributed by atoms with Gasteiger partial charge in [-0.3, -0.25) is 14.4 Å². The number of alkyl halides is 3. The lowest BCUT2D eigenvalue weighted by molar-refractivity contribution is -0.137. The molecule has 2 atom stereocenters. The molecule has 10 nitrogen and oxygen atoms in total. The predicted octanol–water partition coefficient (Wildman–Crippen LogP) is 4.13. The predicted molar refractivity (Wildman–Crippen MR) is 162 cm³/mol. The number of amides is 3. The maximum absolute atomic E-state index is 13.8. The third kappa shape index (κ3) is 9.14. The second-order valence-corrected chi connectivity index (χ2v) is 12.0. The van der Waals surface area contributed by atoms with Crippen LogP contribution in [0.15, 0.2) is 67.1 Å². The molecule has 13 heteroatoms. The number of nitrogens with two attached hydrogens (primary N) is 1. The number of nitrogens with zero attached hydrogens (tertiary/aromatic N) is 3. The number of aromatic nitrogens is 2. The van der Waals surface area contributed by atoms with Gasteiger partial charge in [-0.15, -0.1) is 0 Å². The molecule has 4 rings (SSSR count). The second kappa shape index (κ2) is 14.2. The minimum absolute atomic E-state index is 0.0753. The molecule has 1 unspecified atom stereocenters. The van der Waals surface area contributed by atoms with Crippen LogP contribution in [0, 0.1) is 5.92 Å². The van der Waals surface area contributed by atoms with Crippen LogP contribution in [0.4, 0.5) is 19.0 Å². The van der Waals surface area contributed by atoms with Crippen molar-refractivity contribution in [3.05, 3.63) is 83.8 Å². The summed E-state index contributed by atoms with van der Waals surface area (Å²) in [7, 11) is 0. The van der Waals surface area contributed by atoms with Crippen molar-refractivity contribution in [3.8, 4) is 0 Å². The van der Waals surface area contributed by atoms with E-state index in [1.165, 1.54) is 43.1 Å². The molecule has 0 spiro atoms. The number of carbonyl (C=O) groups excluding carboxylic acids is 3. The van der Waals surface area contributed by atoms with E-state index < -0.39 is 41.2 Å². The molecular formula is C32H39F3N6O4. The molecule has 1 aliphatic heterocycles. The van der Waals surface area contributed by atoms with E-state index in [1.54, 1.807) is 4.90 Å². The van der Waals surface area contributed by atoms with Crippen LogP contribution in [0.25, 0.3) is 0 Å². The minimum atomic E-state index is -4.52. The van der Waals surface area contributed by atoms with Crippen molar-refractivity contribution in [2.45, 2.75) is 64.0 Å². The molecule has 0 bridgehead atoms. The van der Waals surface area contributed by atoms with Crippen LogP contribution in [0.5, 0.6) is 0 Å². The van der Waals surface area contributed by atoms with Crippen molar-refractivity contribution in [1.82, 2.24) is 19.8 Å². The number of imidazole rings is 1. The zero-order chi connectivity index (χ0) is 32.8. The number of nitrogens with one attached hydrogen (secondary N) is 2.